The van der Waals surface area contributed by atoms with Crippen LogP contribution in [0.25, 0.3) is 0 Å². The fourth-order valence-electron chi connectivity index (χ4n) is 4.09. The van der Waals surface area contributed by atoms with E-state index in [0.29, 0.717) is 21.4 Å². The molecule has 0 atom stereocenters. The Balaban J connectivity index is 1.24. The Morgan fingerprint density at radius 1 is 1.07 bits per heavy atom. The number of carbonyl (C=O) groups excluding carboxylic acids is 2. The molecular weight excluding hydrogens is 401 g/mol. The molecule has 3 aliphatic carbocycles. The lowest BCUT2D eigenvalue weighted by Crippen LogP contribution is -2.84. The zero-order valence-electron chi connectivity index (χ0n) is 15.2. The van der Waals surface area contributed by atoms with E-state index < -0.39 is 0 Å². The van der Waals surface area contributed by atoms with Crippen molar-refractivity contribution in [3.05, 3.63) is 57.8 Å². The number of nitrogens with zero attached hydrogens (tertiary/aromatic N) is 1. The Bertz CT molecular complexity index is 944. The summed E-state index contributed by atoms with van der Waals surface area (Å²) in [5.74, 6) is 0.157. The van der Waals surface area contributed by atoms with E-state index in [0.717, 1.165) is 24.8 Å². The molecule has 3 saturated carbocycles. The molecule has 146 valence electrons. The molecule has 1 heterocycles. The Morgan fingerprint density at radius 3 is 2.46 bits per heavy atom. The Kier molecular flexibility index (Phi) is 4.71. The number of ether oxygens (including phenoxy) is 1. The quantitative estimate of drug-likeness (QED) is 0.752. The molecule has 28 heavy (non-hydrogen) atoms. The summed E-state index contributed by atoms with van der Waals surface area (Å²) in [5, 5.41) is 6.90. The summed E-state index contributed by atoms with van der Waals surface area (Å²) in [6, 6.07) is 6.66. The van der Waals surface area contributed by atoms with Gasteiger partial charge < -0.3 is 15.4 Å². The lowest BCUT2D eigenvalue weighted by Gasteiger charge is -2.70. The maximum atomic E-state index is 12.4. The molecule has 1 aromatic heterocycles. The van der Waals surface area contributed by atoms with Gasteiger partial charge in [0.25, 0.3) is 11.8 Å². The van der Waals surface area contributed by atoms with Gasteiger partial charge >= 0.3 is 0 Å². The summed E-state index contributed by atoms with van der Waals surface area (Å²) in [5.41, 5.74) is 1.03. The first kappa shape index (κ1) is 19.0. The highest BCUT2D eigenvalue weighted by atomic mass is 35.5. The van der Waals surface area contributed by atoms with Crippen molar-refractivity contribution in [2.75, 3.05) is 6.61 Å². The fourth-order valence-corrected chi connectivity index (χ4v) is 4.38. The van der Waals surface area contributed by atoms with Crippen LogP contribution in [0.1, 0.15) is 35.2 Å². The maximum absolute atomic E-state index is 12.4. The molecule has 2 amide bonds. The fraction of sp³-hybridized carbons (Fsp3) is 0.350. The van der Waals surface area contributed by atoms with Crippen molar-refractivity contribution in [3.63, 3.8) is 0 Å². The van der Waals surface area contributed by atoms with Crippen LogP contribution >= 0.6 is 23.2 Å². The predicted octanol–water partition coefficient (Wildman–Crippen LogP) is 3.30. The molecule has 3 aliphatic rings. The van der Waals surface area contributed by atoms with Crippen LogP contribution in [0.3, 0.4) is 0 Å². The first-order chi connectivity index (χ1) is 13.3. The second-order valence-electron chi connectivity index (χ2n) is 7.71. The van der Waals surface area contributed by atoms with Crippen molar-refractivity contribution >= 4 is 35.0 Å². The molecule has 1 aromatic carbocycles. The summed E-state index contributed by atoms with van der Waals surface area (Å²) in [4.78, 5) is 28.6. The van der Waals surface area contributed by atoms with Gasteiger partial charge in [0.15, 0.2) is 6.61 Å². The first-order valence-electron chi connectivity index (χ1n) is 8.91. The number of aryl methyl sites for hydroxylation is 1. The van der Waals surface area contributed by atoms with Gasteiger partial charge in [-0.25, -0.2) is 0 Å². The number of hydrogen-bond acceptors (Lipinski definition) is 4. The van der Waals surface area contributed by atoms with Crippen LogP contribution in [0.2, 0.25) is 10.0 Å². The standard InChI is InChI=1S/C20H19Cl2N3O3/c1-12-4-13(7-23-6-12)18(27)25-20-9-19(10-20,11-20)24-17(26)8-28-14-2-3-15(21)16(22)5-14/h2-7H,8-11H2,1H3,(H,24,26)(H,25,27). The van der Waals surface area contributed by atoms with E-state index in [-0.39, 0.29) is 29.5 Å². The second kappa shape index (κ2) is 6.94. The summed E-state index contributed by atoms with van der Waals surface area (Å²) >= 11 is 11.8. The van der Waals surface area contributed by atoms with E-state index in [1.165, 1.54) is 0 Å². The minimum atomic E-state index is -0.240. The number of rotatable bonds is 6. The van der Waals surface area contributed by atoms with Crippen molar-refractivity contribution in [1.29, 1.82) is 0 Å². The highest BCUT2D eigenvalue weighted by molar-refractivity contribution is 6.42. The van der Waals surface area contributed by atoms with E-state index in [4.69, 9.17) is 27.9 Å². The Morgan fingerprint density at radius 2 is 1.79 bits per heavy atom. The number of aromatic nitrogens is 1. The molecular formula is C20H19Cl2N3O3. The SMILES string of the molecule is Cc1cncc(C(=O)NC23CC(NC(=O)COc4ccc(Cl)c(Cl)c4)(C2)C3)c1. The minimum absolute atomic E-state index is 0.103. The zero-order valence-corrected chi connectivity index (χ0v) is 16.7. The van der Waals surface area contributed by atoms with E-state index in [1.54, 1.807) is 30.6 Å². The Labute approximate surface area is 172 Å². The summed E-state index contributed by atoms with van der Waals surface area (Å²) in [6.45, 7) is 1.80. The van der Waals surface area contributed by atoms with Crippen LogP contribution in [0.15, 0.2) is 36.7 Å². The van der Waals surface area contributed by atoms with Gasteiger partial charge in [0.2, 0.25) is 0 Å². The topological polar surface area (TPSA) is 80.3 Å². The molecule has 0 spiro atoms. The van der Waals surface area contributed by atoms with Crippen LogP contribution in [0.5, 0.6) is 5.75 Å². The highest BCUT2D eigenvalue weighted by Crippen LogP contribution is 2.60. The number of pyridine rings is 1. The number of benzene rings is 1. The van der Waals surface area contributed by atoms with Crippen LogP contribution in [0, 0.1) is 6.92 Å². The van der Waals surface area contributed by atoms with Crippen molar-refractivity contribution in [2.24, 2.45) is 0 Å². The zero-order chi connectivity index (χ0) is 19.9. The molecule has 5 rings (SSSR count). The molecule has 0 radical (unpaired) electrons. The van der Waals surface area contributed by atoms with Gasteiger partial charge in [-0.15, -0.1) is 0 Å². The number of amides is 2. The molecule has 6 nitrogen and oxygen atoms in total. The van der Waals surface area contributed by atoms with Gasteiger partial charge in [0, 0.05) is 29.5 Å². The van der Waals surface area contributed by atoms with Crippen molar-refractivity contribution in [3.8, 4) is 5.75 Å². The monoisotopic (exact) mass is 419 g/mol. The van der Waals surface area contributed by atoms with E-state index in [1.807, 2.05) is 13.0 Å². The lowest BCUT2D eigenvalue weighted by atomic mass is 9.44. The lowest BCUT2D eigenvalue weighted by molar-refractivity contribution is -0.141. The van der Waals surface area contributed by atoms with Crippen molar-refractivity contribution in [2.45, 2.75) is 37.3 Å². The molecule has 3 fully saturated rings. The molecule has 2 bridgehead atoms. The maximum Gasteiger partial charge on any atom is 0.258 e. The molecule has 0 unspecified atom stereocenters. The van der Waals surface area contributed by atoms with Gasteiger partial charge in [0.05, 0.1) is 15.6 Å². The molecule has 0 aliphatic heterocycles. The smallest absolute Gasteiger partial charge is 0.258 e. The van der Waals surface area contributed by atoms with E-state index in [9.17, 15) is 9.59 Å². The first-order valence-corrected chi connectivity index (χ1v) is 9.67. The largest absolute Gasteiger partial charge is 0.484 e. The highest BCUT2D eigenvalue weighted by Gasteiger charge is 2.69. The molecule has 0 saturated heterocycles. The molecule has 2 aromatic rings. The third kappa shape index (κ3) is 3.66. The van der Waals surface area contributed by atoms with Gasteiger partial charge in [0.1, 0.15) is 5.75 Å². The number of carbonyl (C=O) groups is 2. The average molecular weight is 420 g/mol. The third-order valence-corrected chi connectivity index (χ3v) is 5.95. The van der Waals surface area contributed by atoms with Gasteiger partial charge in [-0.2, -0.15) is 0 Å². The normalized spacial score (nSPS) is 24.5. The van der Waals surface area contributed by atoms with E-state index >= 15 is 0 Å². The number of nitrogens with one attached hydrogen (secondary N) is 2. The van der Waals surface area contributed by atoms with Gasteiger partial charge in [-0.3, -0.25) is 14.6 Å². The molecule has 2 N–H and O–H groups in total. The van der Waals surface area contributed by atoms with E-state index in [2.05, 4.69) is 15.6 Å². The molecule has 8 heteroatoms. The third-order valence-electron chi connectivity index (χ3n) is 5.21. The summed E-state index contributed by atoms with van der Waals surface area (Å²) in [6.07, 6.45) is 5.45. The van der Waals surface area contributed by atoms with Gasteiger partial charge in [-0.05, 0) is 49.9 Å². The van der Waals surface area contributed by atoms with Crippen molar-refractivity contribution < 1.29 is 14.3 Å². The van der Waals surface area contributed by atoms with Gasteiger partial charge in [-0.1, -0.05) is 23.2 Å². The van der Waals surface area contributed by atoms with Crippen LogP contribution in [-0.2, 0) is 4.79 Å². The summed E-state index contributed by atoms with van der Waals surface area (Å²) in [7, 11) is 0. The minimum Gasteiger partial charge on any atom is -0.484 e. The predicted molar refractivity (Wildman–Crippen MR) is 106 cm³/mol. The summed E-state index contributed by atoms with van der Waals surface area (Å²) < 4.78 is 5.46. The number of hydrogen-bond donors (Lipinski definition) is 2. The van der Waals surface area contributed by atoms with Crippen LogP contribution in [-0.4, -0.2) is 34.5 Å². The average Bonchev–Trinajstić information content (AvgIpc) is 2.59. The van der Waals surface area contributed by atoms with Crippen LogP contribution in [0.4, 0.5) is 0 Å². The number of halogens is 2. The Hall–Kier alpha value is -2.31. The van der Waals surface area contributed by atoms with Crippen LogP contribution < -0.4 is 15.4 Å². The van der Waals surface area contributed by atoms with Crippen molar-refractivity contribution in [1.82, 2.24) is 15.6 Å². The second-order valence-corrected chi connectivity index (χ2v) is 8.52.